The van der Waals surface area contributed by atoms with Crippen molar-refractivity contribution in [2.24, 2.45) is 0 Å². The molecular weight excluding hydrogens is 420 g/mol. The Morgan fingerprint density at radius 1 is 0.500 bits per heavy atom. The topological polar surface area (TPSA) is 0 Å². The fourth-order valence-electron chi connectivity index (χ4n) is 2.70. The zero-order valence-electron chi connectivity index (χ0n) is 16.4. The first-order valence-electron chi connectivity index (χ1n) is 8.95. The number of hydrogen-bond donors (Lipinski definition) is 0. The van der Waals surface area contributed by atoms with Crippen molar-refractivity contribution in [1.29, 1.82) is 0 Å². The highest BCUT2D eigenvalue weighted by Crippen LogP contribution is 2.36. The first-order chi connectivity index (χ1) is 12.2. The van der Waals surface area contributed by atoms with Gasteiger partial charge in [-0.05, 0) is 37.3 Å². The van der Waals surface area contributed by atoms with Crippen LogP contribution in [0.5, 0.6) is 0 Å². The van der Waals surface area contributed by atoms with Crippen molar-refractivity contribution in [3.63, 3.8) is 0 Å². The zero-order chi connectivity index (χ0) is 18.9. The standard InChI is InChI=1S/C20H26P4Si2/c1-25(2,3)23-21-19-15-11-7-9-13-17(15)20(22-24-26(4,5)6)18-14-10-8-12-16(18)19/h7-14H,1-6H3. The third-order valence-corrected chi connectivity index (χ3v) is 24.5. The van der Waals surface area contributed by atoms with Crippen LogP contribution in [0.2, 0.25) is 39.3 Å². The fourth-order valence-corrected chi connectivity index (χ4v) is 15.6. The minimum Gasteiger partial charge on any atom is -0.0951 e. The lowest BCUT2D eigenvalue weighted by atomic mass is 10.0. The van der Waals surface area contributed by atoms with Gasteiger partial charge in [0, 0.05) is 10.6 Å². The Balaban J connectivity index is 2.39. The quantitative estimate of drug-likeness (QED) is 0.214. The van der Waals surface area contributed by atoms with E-state index in [1.165, 1.54) is 47.9 Å². The van der Waals surface area contributed by atoms with Gasteiger partial charge in [-0.3, -0.25) is 0 Å². The highest BCUT2D eigenvalue weighted by atomic mass is 31.9. The van der Waals surface area contributed by atoms with Crippen molar-refractivity contribution in [3.8, 4) is 0 Å². The van der Waals surface area contributed by atoms with E-state index in [1.807, 2.05) is 0 Å². The zero-order valence-corrected chi connectivity index (χ0v) is 22.0. The number of rotatable bonds is 4. The molecule has 0 aromatic heterocycles. The van der Waals surface area contributed by atoms with Gasteiger partial charge in [0.15, 0.2) is 0 Å². The molecule has 0 aliphatic carbocycles. The molecule has 0 spiro atoms. The van der Waals surface area contributed by atoms with Gasteiger partial charge in [0.2, 0.25) is 0 Å². The van der Waals surface area contributed by atoms with Gasteiger partial charge in [-0.25, -0.2) is 0 Å². The number of benzene rings is 3. The van der Waals surface area contributed by atoms with Gasteiger partial charge in [-0.2, -0.15) is 0 Å². The van der Waals surface area contributed by atoms with Crippen LogP contribution in [0.4, 0.5) is 0 Å². The normalized spacial score (nSPS) is 13.5. The van der Waals surface area contributed by atoms with E-state index < -0.39 is 15.5 Å². The van der Waals surface area contributed by atoms with Gasteiger partial charge in [0.05, 0.1) is 0 Å². The molecule has 0 bridgehead atoms. The van der Waals surface area contributed by atoms with E-state index in [2.05, 4.69) is 87.8 Å². The number of fused-ring (bicyclic) bond motifs is 2. The van der Waals surface area contributed by atoms with E-state index in [1.54, 1.807) is 14.8 Å². The second kappa shape index (κ2) is 8.05. The first kappa shape index (κ1) is 20.5. The maximum Gasteiger partial charge on any atom is 0.108 e. The molecule has 0 radical (unpaired) electrons. The van der Waals surface area contributed by atoms with Crippen LogP contribution in [0.15, 0.2) is 48.5 Å². The van der Waals surface area contributed by atoms with Crippen LogP contribution in [-0.4, -0.2) is 15.5 Å². The van der Waals surface area contributed by atoms with Crippen LogP contribution in [0, 0.1) is 0 Å². The molecule has 134 valence electrons. The van der Waals surface area contributed by atoms with E-state index in [0.717, 1.165) is 0 Å². The summed E-state index contributed by atoms with van der Waals surface area (Å²) in [5.41, 5.74) is 0. The van der Waals surface area contributed by atoms with Crippen molar-refractivity contribution in [1.82, 2.24) is 0 Å². The molecule has 0 unspecified atom stereocenters. The Bertz CT molecular complexity index is 873. The lowest BCUT2D eigenvalue weighted by Gasteiger charge is -2.14. The highest BCUT2D eigenvalue weighted by Gasteiger charge is 2.15. The molecule has 0 aliphatic heterocycles. The number of hydrogen-bond acceptors (Lipinski definition) is 0. The fraction of sp³-hybridized carbons (Fsp3) is 0.300. The summed E-state index contributed by atoms with van der Waals surface area (Å²) in [5, 5.41) is 8.92. The van der Waals surface area contributed by atoms with E-state index in [4.69, 9.17) is 0 Å². The minimum absolute atomic E-state index is 1.11. The molecule has 3 aromatic rings. The van der Waals surface area contributed by atoms with Crippen LogP contribution in [0.25, 0.3) is 21.5 Å². The summed E-state index contributed by atoms with van der Waals surface area (Å²) in [5.74, 6) is 0. The van der Waals surface area contributed by atoms with Crippen molar-refractivity contribution in [2.45, 2.75) is 39.3 Å². The van der Waals surface area contributed by atoms with Crippen LogP contribution in [-0.2, 0) is 0 Å². The van der Waals surface area contributed by atoms with Crippen molar-refractivity contribution in [2.75, 3.05) is 0 Å². The lowest BCUT2D eigenvalue weighted by molar-refractivity contribution is 1.81. The van der Waals surface area contributed by atoms with Gasteiger partial charge in [0.25, 0.3) is 0 Å². The molecule has 3 rings (SSSR count). The predicted octanol–water partition coefficient (Wildman–Crippen LogP) is 8.53. The van der Waals surface area contributed by atoms with Crippen LogP contribution >= 0.6 is 30.6 Å². The van der Waals surface area contributed by atoms with Gasteiger partial charge in [-0.15, -0.1) is 0 Å². The SMILES string of the molecule is C[Si](C)(C)P=Pc1c2ccccc2c(P=P[Si](C)(C)C)c2ccccc12. The predicted molar refractivity (Wildman–Crippen MR) is 135 cm³/mol. The molecule has 6 heteroatoms. The molecule has 0 nitrogen and oxygen atoms in total. The molecule has 26 heavy (non-hydrogen) atoms. The molecule has 0 heterocycles. The molecule has 3 aromatic carbocycles. The second-order valence-electron chi connectivity index (χ2n) is 8.53. The Hall–Kier alpha value is -0.186. The maximum atomic E-state index is 2.46. The van der Waals surface area contributed by atoms with Crippen molar-refractivity contribution in [3.05, 3.63) is 48.5 Å². The third-order valence-electron chi connectivity index (χ3n) is 3.77. The first-order valence-corrected chi connectivity index (χ1v) is 22.6. The van der Waals surface area contributed by atoms with E-state index in [-0.39, 0.29) is 0 Å². The summed E-state index contributed by atoms with van der Waals surface area (Å²) in [4.78, 5) is 0. The Kier molecular flexibility index (Phi) is 6.36. The molecule has 0 saturated heterocycles. The van der Waals surface area contributed by atoms with E-state index in [9.17, 15) is 0 Å². The van der Waals surface area contributed by atoms with Crippen molar-refractivity contribution >= 4 is 78.2 Å². The molecule has 0 aliphatic rings. The molecular formula is C20H26P4Si2. The smallest absolute Gasteiger partial charge is 0.0951 e. The van der Waals surface area contributed by atoms with Crippen LogP contribution in [0.3, 0.4) is 0 Å². The Morgan fingerprint density at radius 3 is 1.00 bits per heavy atom. The molecule has 0 saturated carbocycles. The average molecular weight is 446 g/mol. The summed E-state index contributed by atoms with van der Waals surface area (Å²) >= 11 is 0. The average Bonchev–Trinajstić information content (AvgIpc) is 2.56. The highest BCUT2D eigenvalue weighted by molar-refractivity contribution is 8.07. The summed E-state index contributed by atoms with van der Waals surface area (Å²) in [6, 6.07) is 18.2. The van der Waals surface area contributed by atoms with Gasteiger partial charge >= 0.3 is 0 Å². The third kappa shape index (κ3) is 4.99. The lowest BCUT2D eigenvalue weighted by Crippen LogP contribution is -2.10. The van der Waals surface area contributed by atoms with Crippen molar-refractivity contribution < 1.29 is 0 Å². The van der Waals surface area contributed by atoms with Crippen LogP contribution in [0.1, 0.15) is 0 Å². The summed E-state index contributed by atoms with van der Waals surface area (Å²) in [6.07, 6.45) is 0. The summed E-state index contributed by atoms with van der Waals surface area (Å²) in [7, 11) is 3.93. The maximum absolute atomic E-state index is 2.46. The summed E-state index contributed by atoms with van der Waals surface area (Å²) in [6.45, 7) is 14.8. The summed E-state index contributed by atoms with van der Waals surface area (Å²) < 4.78 is 0. The molecule has 0 fully saturated rings. The van der Waals surface area contributed by atoms with E-state index in [0.29, 0.717) is 0 Å². The Labute approximate surface area is 165 Å². The minimum atomic E-state index is -1.11. The van der Waals surface area contributed by atoms with E-state index >= 15 is 0 Å². The monoisotopic (exact) mass is 446 g/mol. The molecule has 0 atom stereocenters. The largest absolute Gasteiger partial charge is 0.108 e. The molecule has 0 N–H and O–H groups in total. The van der Waals surface area contributed by atoms with Gasteiger partial charge in [-0.1, -0.05) is 103 Å². The van der Waals surface area contributed by atoms with Gasteiger partial charge in [0.1, 0.15) is 15.5 Å². The van der Waals surface area contributed by atoms with Crippen LogP contribution < -0.4 is 10.6 Å². The molecule has 0 amide bonds. The Morgan fingerprint density at radius 2 is 0.769 bits per heavy atom. The second-order valence-corrected chi connectivity index (χ2v) is 33.0. The van der Waals surface area contributed by atoms with Gasteiger partial charge < -0.3 is 0 Å².